The number of hydrogen-bond acceptors (Lipinski definition) is 2. The number of nitrogens with one attached hydrogen (secondary N) is 4. The predicted molar refractivity (Wildman–Crippen MR) is 191 cm³/mol. The van der Waals surface area contributed by atoms with E-state index in [1.165, 1.54) is 193 Å². The summed E-state index contributed by atoms with van der Waals surface area (Å²) in [4.78, 5) is 10.3. The SMILES string of the molecule is C(CCCCCCNC(=NC1CCCCC1)NC1CCCCC1)CCCCCNC(=NC1CCCCC1)NC1CCCCC1. The summed E-state index contributed by atoms with van der Waals surface area (Å²) < 4.78 is 0. The highest BCUT2D eigenvalue weighted by Gasteiger charge is 2.19. The first kappa shape index (κ1) is 35.4. The lowest BCUT2D eigenvalue weighted by molar-refractivity contribution is 0.404. The number of hydrogen-bond donors (Lipinski definition) is 4. The van der Waals surface area contributed by atoms with E-state index in [9.17, 15) is 0 Å². The molecular weight excluding hydrogens is 540 g/mol. The molecule has 0 saturated heterocycles. The summed E-state index contributed by atoms with van der Waals surface area (Å²) in [6.45, 7) is 2.14. The van der Waals surface area contributed by atoms with E-state index in [2.05, 4.69) is 21.3 Å². The third-order valence-corrected chi connectivity index (χ3v) is 10.9. The molecule has 0 aromatic rings. The molecule has 254 valence electrons. The summed E-state index contributed by atoms with van der Waals surface area (Å²) in [6, 6.07) is 2.35. The second-order valence-corrected chi connectivity index (χ2v) is 14.9. The molecule has 0 aromatic heterocycles. The second-order valence-electron chi connectivity index (χ2n) is 14.9. The van der Waals surface area contributed by atoms with Crippen molar-refractivity contribution in [1.29, 1.82) is 0 Å². The topological polar surface area (TPSA) is 72.8 Å². The fraction of sp³-hybridized carbons (Fsp3) is 0.947. The zero-order chi connectivity index (χ0) is 30.3. The molecule has 0 unspecified atom stereocenters. The highest BCUT2D eigenvalue weighted by molar-refractivity contribution is 5.80. The molecule has 0 spiro atoms. The molecule has 4 saturated carbocycles. The Hall–Kier alpha value is -1.46. The molecule has 6 nitrogen and oxygen atoms in total. The summed E-state index contributed by atoms with van der Waals surface area (Å²) in [5.41, 5.74) is 0. The van der Waals surface area contributed by atoms with Crippen LogP contribution in [-0.4, -0.2) is 49.2 Å². The Balaban J connectivity index is 0.985. The van der Waals surface area contributed by atoms with Gasteiger partial charge in [-0.2, -0.15) is 0 Å². The van der Waals surface area contributed by atoms with Crippen molar-refractivity contribution in [3.8, 4) is 0 Å². The Labute approximate surface area is 272 Å². The average molecular weight is 613 g/mol. The predicted octanol–water partition coefficient (Wildman–Crippen LogP) is 9.29. The molecule has 4 fully saturated rings. The van der Waals surface area contributed by atoms with Crippen LogP contribution in [0.15, 0.2) is 9.98 Å². The largest absolute Gasteiger partial charge is 0.356 e. The number of unbranched alkanes of at least 4 members (excludes halogenated alkanes) is 9. The van der Waals surface area contributed by atoms with Gasteiger partial charge in [-0.05, 0) is 64.2 Å². The molecule has 0 heterocycles. The van der Waals surface area contributed by atoms with E-state index in [4.69, 9.17) is 9.98 Å². The molecule has 6 heteroatoms. The van der Waals surface area contributed by atoms with Gasteiger partial charge >= 0.3 is 0 Å². The Bertz CT molecular complexity index is 693. The van der Waals surface area contributed by atoms with E-state index < -0.39 is 0 Å². The Kier molecular flexibility index (Phi) is 18.5. The molecule has 4 aliphatic carbocycles. The van der Waals surface area contributed by atoms with Crippen LogP contribution < -0.4 is 21.3 Å². The van der Waals surface area contributed by atoms with Crippen LogP contribution in [0.1, 0.15) is 193 Å². The third kappa shape index (κ3) is 15.7. The fourth-order valence-corrected chi connectivity index (χ4v) is 8.01. The van der Waals surface area contributed by atoms with Crippen LogP contribution in [0.3, 0.4) is 0 Å². The number of rotatable bonds is 17. The lowest BCUT2D eigenvalue weighted by Gasteiger charge is -2.27. The molecule has 4 N–H and O–H groups in total. The van der Waals surface area contributed by atoms with Crippen molar-refractivity contribution in [2.24, 2.45) is 9.98 Å². The Morgan fingerprint density at radius 1 is 0.364 bits per heavy atom. The zero-order valence-corrected chi connectivity index (χ0v) is 28.8. The molecule has 0 radical (unpaired) electrons. The van der Waals surface area contributed by atoms with Crippen molar-refractivity contribution in [1.82, 2.24) is 21.3 Å². The van der Waals surface area contributed by atoms with Crippen molar-refractivity contribution in [3.05, 3.63) is 0 Å². The Morgan fingerprint density at radius 2 is 0.659 bits per heavy atom. The van der Waals surface area contributed by atoms with Crippen LogP contribution in [0.2, 0.25) is 0 Å². The van der Waals surface area contributed by atoms with Gasteiger partial charge in [-0.1, -0.05) is 128 Å². The van der Waals surface area contributed by atoms with Gasteiger partial charge in [0.1, 0.15) is 0 Å². The van der Waals surface area contributed by atoms with Crippen LogP contribution in [0.5, 0.6) is 0 Å². The minimum absolute atomic E-state index is 0.541. The van der Waals surface area contributed by atoms with Gasteiger partial charge in [0.15, 0.2) is 11.9 Å². The molecule has 0 bridgehead atoms. The molecule has 4 rings (SSSR count). The van der Waals surface area contributed by atoms with Gasteiger partial charge in [0.25, 0.3) is 0 Å². The van der Waals surface area contributed by atoms with E-state index in [-0.39, 0.29) is 0 Å². The first-order chi connectivity index (χ1) is 21.8. The monoisotopic (exact) mass is 613 g/mol. The van der Waals surface area contributed by atoms with Crippen molar-refractivity contribution < 1.29 is 0 Å². The van der Waals surface area contributed by atoms with E-state index in [1.807, 2.05) is 0 Å². The highest BCUT2D eigenvalue weighted by Crippen LogP contribution is 2.22. The highest BCUT2D eigenvalue weighted by atomic mass is 15.2. The number of aliphatic imine (C=N–C) groups is 2. The minimum atomic E-state index is 0.541. The van der Waals surface area contributed by atoms with Crippen LogP contribution in [0.25, 0.3) is 0 Å². The van der Waals surface area contributed by atoms with E-state index in [0.717, 1.165) is 25.0 Å². The van der Waals surface area contributed by atoms with Crippen LogP contribution >= 0.6 is 0 Å². The third-order valence-electron chi connectivity index (χ3n) is 10.9. The standard InChI is InChI=1S/C38H72N6/c1(3-5-7-21-31-39-37(41-33-23-13-9-14-24-33)42-34-25-15-10-16-26-34)2-4-6-8-22-32-40-38(43-35-27-17-11-18-28-35)44-36-29-19-12-20-30-36/h33-36H,1-32H2,(H2,39,41,42)(H2,40,43,44). The minimum Gasteiger partial charge on any atom is -0.356 e. The summed E-state index contributed by atoms with van der Waals surface area (Å²) in [5, 5.41) is 15.1. The maximum Gasteiger partial charge on any atom is 0.191 e. The lowest BCUT2D eigenvalue weighted by Crippen LogP contribution is -2.45. The molecular formula is C38H72N6. The quantitative estimate of drug-likeness (QED) is 0.0750. The first-order valence-electron chi connectivity index (χ1n) is 20.0. The maximum atomic E-state index is 5.16. The molecule has 0 aromatic carbocycles. The van der Waals surface area contributed by atoms with Gasteiger partial charge in [-0.15, -0.1) is 0 Å². The van der Waals surface area contributed by atoms with E-state index >= 15 is 0 Å². The molecule has 44 heavy (non-hydrogen) atoms. The summed E-state index contributed by atoms with van der Waals surface area (Å²) in [7, 11) is 0. The van der Waals surface area contributed by atoms with E-state index in [1.54, 1.807) is 0 Å². The van der Waals surface area contributed by atoms with Crippen molar-refractivity contribution in [2.45, 2.75) is 217 Å². The second kappa shape index (κ2) is 23.0. The van der Waals surface area contributed by atoms with Gasteiger partial charge in [0.05, 0.1) is 12.1 Å². The van der Waals surface area contributed by atoms with Crippen molar-refractivity contribution >= 4 is 11.9 Å². The van der Waals surface area contributed by atoms with Gasteiger partial charge in [0.2, 0.25) is 0 Å². The van der Waals surface area contributed by atoms with Crippen molar-refractivity contribution in [3.63, 3.8) is 0 Å². The molecule has 0 aliphatic heterocycles. The van der Waals surface area contributed by atoms with E-state index in [0.29, 0.717) is 24.2 Å². The van der Waals surface area contributed by atoms with Crippen LogP contribution in [0, 0.1) is 0 Å². The lowest BCUT2D eigenvalue weighted by atomic mass is 9.95. The van der Waals surface area contributed by atoms with Gasteiger partial charge in [-0.25, -0.2) is 9.98 Å². The van der Waals surface area contributed by atoms with Crippen molar-refractivity contribution in [2.75, 3.05) is 13.1 Å². The number of guanidine groups is 2. The fourth-order valence-electron chi connectivity index (χ4n) is 8.01. The van der Waals surface area contributed by atoms with Crippen LogP contribution in [-0.2, 0) is 0 Å². The normalized spacial score (nSPS) is 22.2. The van der Waals surface area contributed by atoms with Gasteiger partial charge in [0, 0.05) is 25.2 Å². The molecule has 0 atom stereocenters. The molecule has 0 amide bonds. The zero-order valence-electron chi connectivity index (χ0n) is 28.8. The Morgan fingerprint density at radius 3 is 1.00 bits per heavy atom. The first-order valence-corrected chi connectivity index (χ1v) is 20.0. The average Bonchev–Trinajstić information content (AvgIpc) is 3.06. The summed E-state index contributed by atoms with van der Waals surface area (Å²) in [6.07, 6.45) is 40.6. The van der Waals surface area contributed by atoms with Crippen LogP contribution in [0.4, 0.5) is 0 Å². The molecule has 4 aliphatic rings. The number of nitrogens with zero attached hydrogens (tertiary/aromatic N) is 2. The summed E-state index contributed by atoms with van der Waals surface area (Å²) >= 11 is 0. The smallest absolute Gasteiger partial charge is 0.191 e. The maximum absolute atomic E-state index is 5.16. The van der Waals surface area contributed by atoms with Gasteiger partial charge in [-0.3, -0.25) is 0 Å². The van der Waals surface area contributed by atoms with Gasteiger partial charge < -0.3 is 21.3 Å². The summed E-state index contributed by atoms with van der Waals surface area (Å²) in [5.74, 6) is 2.24.